The number of hydrogen-bond donors (Lipinski definition) is 1. The average Bonchev–Trinajstić information content (AvgIpc) is 3.38. The van der Waals surface area contributed by atoms with Crippen LogP contribution in [0.5, 0.6) is 0 Å². The first-order valence-electron chi connectivity index (χ1n) is 12.9. The zero-order valence-corrected chi connectivity index (χ0v) is 21.7. The molecule has 3 rings (SSSR count). The van der Waals surface area contributed by atoms with Crippen LogP contribution in [0.1, 0.15) is 59.8 Å². The van der Waals surface area contributed by atoms with E-state index in [0.717, 1.165) is 12.8 Å². The topological polar surface area (TPSA) is 96.4 Å². The lowest BCUT2D eigenvalue weighted by molar-refractivity contribution is -0.162. The quantitative estimate of drug-likeness (QED) is 0.242. The van der Waals surface area contributed by atoms with E-state index >= 15 is 0 Å². The van der Waals surface area contributed by atoms with Gasteiger partial charge in [-0.3, -0.25) is 14.4 Å². The Labute approximate surface area is 209 Å². The number of aliphatic hydroxyl groups excluding tert-OH is 1. The molecule has 3 saturated heterocycles. The molecule has 2 amide bonds. The second-order valence-electron chi connectivity index (χ2n) is 10.6. The number of nitrogens with zero attached hydrogens (tertiary/aromatic N) is 2. The maximum atomic E-state index is 14.2. The van der Waals surface area contributed by atoms with Gasteiger partial charge in [-0.1, -0.05) is 39.3 Å². The molecular formula is C27H42N2O6. The zero-order chi connectivity index (χ0) is 26.0. The van der Waals surface area contributed by atoms with Gasteiger partial charge in [0, 0.05) is 13.1 Å². The number of ether oxygens (including phenoxy) is 2. The van der Waals surface area contributed by atoms with Crippen molar-refractivity contribution in [1.82, 2.24) is 9.80 Å². The molecule has 35 heavy (non-hydrogen) atoms. The molecule has 3 aliphatic rings. The van der Waals surface area contributed by atoms with Gasteiger partial charge in [-0.2, -0.15) is 0 Å². The average molecular weight is 491 g/mol. The first kappa shape index (κ1) is 27.4. The Morgan fingerprint density at radius 2 is 2.03 bits per heavy atom. The van der Waals surface area contributed by atoms with Gasteiger partial charge in [0.1, 0.15) is 17.6 Å². The third kappa shape index (κ3) is 4.55. The minimum Gasteiger partial charge on any atom is -0.465 e. The molecule has 3 heterocycles. The minimum absolute atomic E-state index is 0.0937. The van der Waals surface area contributed by atoms with Crippen molar-refractivity contribution in [3.63, 3.8) is 0 Å². The van der Waals surface area contributed by atoms with Crippen LogP contribution in [0.3, 0.4) is 0 Å². The molecule has 0 aromatic heterocycles. The fourth-order valence-corrected chi connectivity index (χ4v) is 6.28. The van der Waals surface area contributed by atoms with Gasteiger partial charge in [0.05, 0.1) is 30.8 Å². The first-order chi connectivity index (χ1) is 16.6. The fraction of sp³-hybridized carbons (Fsp3) is 0.741. The lowest BCUT2D eigenvalue weighted by atomic mass is 9.66. The molecule has 6 atom stereocenters. The predicted molar refractivity (Wildman–Crippen MR) is 132 cm³/mol. The Kier molecular flexibility index (Phi) is 8.48. The van der Waals surface area contributed by atoms with E-state index in [9.17, 15) is 19.5 Å². The van der Waals surface area contributed by atoms with Crippen LogP contribution in [0.4, 0.5) is 0 Å². The van der Waals surface area contributed by atoms with Crippen LogP contribution in [0, 0.1) is 17.8 Å². The highest BCUT2D eigenvalue weighted by Crippen LogP contribution is 2.63. The molecule has 0 saturated carbocycles. The molecule has 196 valence electrons. The van der Waals surface area contributed by atoms with Crippen LogP contribution >= 0.6 is 0 Å². The second-order valence-corrected chi connectivity index (χ2v) is 10.6. The lowest BCUT2D eigenvalue weighted by Gasteiger charge is -2.40. The summed E-state index contributed by atoms with van der Waals surface area (Å²) in [7, 11) is 0. The van der Waals surface area contributed by atoms with Gasteiger partial charge < -0.3 is 24.4 Å². The molecule has 1 N–H and O–H groups in total. The predicted octanol–water partition coefficient (Wildman–Crippen LogP) is 2.70. The van der Waals surface area contributed by atoms with Crippen molar-refractivity contribution in [2.24, 2.45) is 17.8 Å². The van der Waals surface area contributed by atoms with Crippen LogP contribution in [0.2, 0.25) is 0 Å². The van der Waals surface area contributed by atoms with Crippen molar-refractivity contribution in [2.75, 3.05) is 26.3 Å². The summed E-state index contributed by atoms with van der Waals surface area (Å²) in [5.41, 5.74) is -2.01. The summed E-state index contributed by atoms with van der Waals surface area (Å²) in [6.45, 7) is 16.0. The Hall–Kier alpha value is -2.19. The van der Waals surface area contributed by atoms with Gasteiger partial charge >= 0.3 is 5.97 Å². The van der Waals surface area contributed by atoms with Crippen LogP contribution in [0.25, 0.3) is 0 Å². The van der Waals surface area contributed by atoms with Crippen LogP contribution < -0.4 is 0 Å². The van der Waals surface area contributed by atoms with Crippen molar-refractivity contribution in [2.45, 2.75) is 83.1 Å². The fourth-order valence-electron chi connectivity index (χ4n) is 6.28. The van der Waals surface area contributed by atoms with Gasteiger partial charge in [-0.05, 0) is 38.5 Å². The number of unbranched alkanes of at least 4 members (excludes halogenated alkanes) is 1. The molecule has 0 radical (unpaired) electrons. The molecule has 3 aliphatic heterocycles. The summed E-state index contributed by atoms with van der Waals surface area (Å²) in [6.07, 6.45) is 6.66. The smallest absolute Gasteiger partial charge is 0.312 e. The Morgan fingerprint density at radius 1 is 1.31 bits per heavy atom. The number of likely N-dealkylation sites (tertiary alicyclic amines) is 1. The number of esters is 1. The standard InChI is InChI=1S/C27H42N2O6/c1-7-10-15-28(14-9-3)24(32)22-27-13-12-26(6,35-27)21(25(33)34-16-11-8-2)20(27)23(31)29(22)19(17-30)18(4)5/h8-9,18-22,30H,2-3,7,10-17H2,1,4-6H3/t19-,20-,21-,22?,26+,27?/m0/s1. The lowest BCUT2D eigenvalue weighted by Crippen LogP contribution is -2.59. The third-order valence-corrected chi connectivity index (χ3v) is 8.03. The molecule has 0 aromatic rings. The minimum atomic E-state index is -1.13. The molecule has 0 aromatic carbocycles. The highest BCUT2D eigenvalue weighted by atomic mass is 16.6. The maximum absolute atomic E-state index is 14.2. The van der Waals surface area contributed by atoms with Gasteiger partial charge in [0.2, 0.25) is 11.8 Å². The van der Waals surface area contributed by atoms with E-state index in [4.69, 9.17) is 9.47 Å². The molecule has 2 unspecified atom stereocenters. The summed E-state index contributed by atoms with van der Waals surface area (Å²) in [4.78, 5) is 44.8. The molecule has 0 aliphatic carbocycles. The molecule has 1 spiro atoms. The third-order valence-electron chi connectivity index (χ3n) is 8.03. The van der Waals surface area contributed by atoms with E-state index in [0.29, 0.717) is 32.4 Å². The maximum Gasteiger partial charge on any atom is 0.312 e. The van der Waals surface area contributed by atoms with Crippen molar-refractivity contribution >= 4 is 17.8 Å². The first-order valence-corrected chi connectivity index (χ1v) is 12.9. The van der Waals surface area contributed by atoms with Crippen LogP contribution in [-0.2, 0) is 23.9 Å². The summed E-state index contributed by atoms with van der Waals surface area (Å²) in [5.74, 6) is -2.71. The summed E-state index contributed by atoms with van der Waals surface area (Å²) >= 11 is 0. The van der Waals surface area contributed by atoms with Crippen molar-refractivity contribution < 1.29 is 29.0 Å². The van der Waals surface area contributed by atoms with E-state index < -0.39 is 41.1 Å². The highest BCUT2D eigenvalue weighted by Gasteiger charge is 2.79. The Morgan fingerprint density at radius 3 is 2.60 bits per heavy atom. The summed E-state index contributed by atoms with van der Waals surface area (Å²) < 4.78 is 12.1. The van der Waals surface area contributed by atoms with Crippen LogP contribution in [-0.4, -0.2) is 82.3 Å². The zero-order valence-electron chi connectivity index (χ0n) is 21.7. The number of carbonyl (C=O) groups excluding carboxylic acids is 3. The Balaban J connectivity index is 2.08. The van der Waals surface area contributed by atoms with Gasteiger partial charge in [-0.25, -0.2) is 0 Å². The number of hydrogen-bond acceptors (Lipinski definition) is 6. The summed E-state index contributed by atoms with van der Waals surface area (Å²) in [5, 5.41) is 10.3. The molecule has 8 nitrogen and oxygen atoms in total. The van der Waals surface area contributed by atoms with Crippen molar-refractivity contribution in [1.29, 1.82) is 0 Å². The number of aliphatic hydroxyl groups is 1. The monoisotopic (exact) mass is 490 g/mol. The summed E-state index contributed by atoms with van der Waals surface area (Å²) in [6, 6.07) is -1.48. The van der Waals surface area contributed by atoms with Crippen molar-refractivity contribution in [3.8, 4) is 0 Å². The SMILES string of the molecule is C=CCCOC(=O)[C@@H]1[C@H]2C(=O)N([C@@H](CO)C(C)C)C(C(=O)N(CC=C)CCCC)C23CC[C@@]1(C)O3. The van der Waals surface area contributed by atoms with E-state index in [2.05, 4.69) is 20.1 Å². The Bertz CT molecular complexity index is 844. The number of rotatable bonds is 13. The highest BCUT2D eigenvalue weighted by molar-refractivity contribution is 5.98. The molecule has 3 fully saturated rings. The number of fused-ring (bicyclic) bond motifs is 1. The van der Waals surface area contributed by atoms with E-state index in [1.165, 1.54) is 4.90 Å². The van der Waals surface area contributed by atoms with Crippen LogP contribution in [0.15, 0.2) is 25.3 Å². The molecule has 8 heteroatoms. The van der Waals surface area contributed by atoms with E-state index in [1.54, 1.807) is 17.1 Å². The number of amides is 2. The molecule has 2 bridgehead atoms. The van der Waals surface area contributed by atoms with Gasteiger partial charge in [0.15, 0.2) is 0 Å². The van der Waals surface area contributed by atoms with Gasteiger partial charge in [0.25, 0.3) is 0 Å². The van der Waals surface area contributed by atoms with E-state index in [-0.39, 0.29) is 30.9 Å². The number of carbonyl (C=O) groups is 3. The van der Waals surface area contributed by atoms with Gasteiger partial charge in [-0.15, -0.1) is 13.2 Å². The van der Waals surface area contributed by atoms with Crippen molar-refractivity contribution in [3.05, 3.63) is 25.3 Å². The molecular weight excluding hydrogens is 448 g/mol. The van der Waals surface area contributed by atoms with E-state index in [1.807, 2.05) is 20.8 Å². The normalized spacial score (nSPS) is 32.0. The second kappa shape index (κ2) is 10.8. The largest absolute Gasteiger partial charge is 0.465 e.